The molecule has 0 aliphatic carbocycles. The number of sulfone groups is 1. The highest BCUT2D eigenvalue weighted by Crippen LogP contribution is 2.29. The Kier molecular flexibility index (Phi) is 4.87. The van der Waals surface area contributed by atoms with Gasteiger partial charge in [-0.05, 0) is 37.6 Å². The van der Waals surface area contributed by atoms with Crippen molar-refractivity contribution in [3.8, 4) is 0 Å². The van der Waals surface area contributed by atoms with E-state index in [1.807, 2.05) is 0 Å². The van der Waals surface area contributed by atoms with Gasteiger partial charge in [-0.2, -0.15) is 0 Å². The number of hydrogen-bond acceptors (Lipinski definition) is 5. The number of amides is 1. The van der Waals surface area contributed by atoms with E-state index in [2.05, 4.69) is 10.3 Å². The Morgan fingerprint density at radius 1 is 1.25 bits per heavy atom. The number of nitrogens with one attached hydrogen (secondary N) is 1. The molecule has 3 N–H and O–H groups in total. The molecule has 0 atom stereocenters. The van der Waals surface area contributed by atoms with E-state index in [9.17, 15) is 13.2 Å². The summed E-state index contributed by atoms with van der Waals surface area (Å²) in [5.74, 6) is -0.236. The summed E-state index contributed by atoms with van der Waals surface area (Å²) in [6, 6.07) is 8.06. The number of carbonyl (C=O) groups excluding carboxylic acids is 1. The number of benzene rings is 1. The number of pyridine rings is 1. The van der Waals surface area contributed by atoms with Crippen molar-refractivity contribution in [1.29, 1.82) is 0 Å². The largest absolute Gasteiger partial charge is 0.382 e. The maximum Gasteiger partial charge on any atom is 0.257 e. The van der Waals surface area contributed by atoms with Crippen molar-refractivity contribution >= 4 is 38.9 Å². The van der Waals surface area contributed by atoms with Crippen LogP contribution in [-0.2, 0) is 14.6 Å². The number of halogens is 1. The van der Waals surface area contributed by atoms with Crippen molar-refractivity contribution in [2.24, 2.45) is 0 Å². The summed E-state index contributed by atoms with van der Waals surface area (Å²) >= 11 is 5.85. The van der Waals surface area contributed by atoms with Crippen LogP contribution in [-0.4, -0.2) is 25.6 Å². The zero-order valence-corrected chi connectivity index (χ0v) is 15.1. The molecule has 1 aromatic carbocycles. The van der Waals surface area contributed by atoms with Crippen LogP contribution in [0.5, 0.6) is 0 Å². The zero-order chi connectivity index (χ0) is 18.1. The summed E-state index contributed by atoms with van der Waals surface area (Å²) in [6.07, 6.45) is 2.53. The van der Waals surface area contributed by atoms with E-state index < -0.39 is 14.6 Å². The second-order valence-electron chi connectivity index (χ2n) is 5.91. The average molecular weight is 368 g/mol. The number of rotatable bonds is 4. The van der Waals surface area contributed by atoms with Gasteiger partial charge >= 0.3 is 0 Å². The van der Waals surface area contributed by atoms with Gasteiger partial charge in [0.2, 0.25) is 0 Å². The van der Waals surface area contributed by atoms with Gasteiger partial charge in [0.15, 0.2) is 9.84 Å². The van der Waals surface area contributed by atoms with Crippen LogP contribution < -0.4 is 11.1 Å². The van der Waals surface area contributed by atoms with Gasteiger partial charge in [0.05, 0.1) is 15.3 Å². The van der Waals surface area contributed by atoms with Crippen molar-refractivity contribution in [2.45, 2.75) is 18.6 Å². The molecule has 8 heteroatoms. The SMILES string of the molecule is CC(C)(c1ccc(NC(=O)c2cnc(N)c(Cl)c2)cc1)S(C)(=O)=O. The molecule has 6 nitrogen and oxygen atoms in total. The Bertz CT molecular complexity index is 878. The number of nitrogens with zero attached hydrogens (tertiary/aromatic N) is 1. The van der Waals surface area contributed by atoms with Crippen LogP contribution in [0.15, 0.2) is 36.5 Å². The van der Waals surface area contributed by atoms with Gasteiger partial charge in [0, 0.05) is 18.1 Å². The smallest absolute Gasteiger partial charge is 0.257 e. The van der Waals surface area contributed by atoms with Crippen LogP contribution in [0.25, 0.3) is 0 Å². The predicted octanol–water partition coefficient (Wildman–Crippen LogP) is 2.85. The Balaban J connectivity index is 2.20. The van der Waals surface area contributed by atoms with Gasteiger partial charge in [-0.15, -0.1) is 0 Å². The van der Waals surface area contributed by atoms with Gasteiger partial charge in [-0.25, -0.2) is 13.4 Å². The monoisotopic (exact) mass is 367 g/mol. The van der Waals surface area contributed by atoms with Crippen LogP contribution in [0.4, 0.5) is 11.5 Å². The van der Waals surface area contributed by atoms with E-state index >= 15 is 0 Å². The molecule has 1 heterocycles. The van der Waals surface area contributed by atoms with Crippen LogP contribution in [0.1, 0.15) is 29.8 Å². The van der Waals surface area contributed by atoms with Crippen LogP contribution in [0.2, 0.25) is 5.02 Å². The summed E-state index contributed by atoms with van der Waals surface area (Å²) in [6.45, 7) is 3.27. The van der Waals surface area contributed by atoms with Crippen molar-refractivity contribution in [2.75, 3.05) is 17.3 Å². The minimum atomic E-state index is -3.27. The maximum atomic E-state index is 12.2. The molecule has 0 aliphatic heterocycles. The predicted molar refractivity (Wildman–Crippen MR) is 95.9 cm³/mol. The highest BCUT2D eigenvalue weighted by atomic mass is 35.5. The molecule has 0 aliphatic rings. The summed E-state index contributed by atoms with van der Waals surface area (Å²) in [4.78, 5) is 16.0. The number of anilines is 2. The standard InChI is InChI=1S/C16H18ClN3O3S/c1-16(2,24(3,22)23)11-4-6-12(7-5-11)20-15(21)10-8-13(17)14(18)19-9-10/h4-9H,1-3H3,(H2,18,19)(H,20,21). The molecule has 0 spiro atoms. The molecule has 1 aromatic heterocycles. The van der Waals surface area contributed by atoms with E-state index in [0.29, 0.717) is 11.3 Å². The summed E-state index contributed by atoms with van der Waals surface area (Å²) in [5, 5.41) is 2.90. The second-order valence-corrected chi connectivity index (χ2v) is 8.88. The topological polar surface area (TPSA) is 102 Å². The molecule has 2 aromatic rings. The van der Waals surface area contributed by atoms with Gasteiger partial charge in [0.1, 0.15) is 5.82 Å². The van der Waals surface area contributed by atoms with Gasteiger partial charge < -0.3 is 11.1 Å². The van der Waals surface area contributed by atoms with Gasteiger partial charge in [-0.1, -0.05) is 23.7 Å². The first-order valence-electron chi connectivity index (χ1n) is 7.05. The average Bonchev–Trinajstić information content (AvgIpc) is 2.49. The second kappa shape index (κ2) is 6.41. The summed E-state index contributed by atoms with van der Waals surface area (Å²) in [5.41, 5.74) is 6.95. The Morgan fingerprint density at radius 2 is 1.83 bits per heavy atom. The molecule has 1 amide bonds. The first-order valence-corrected chi connectivity index (χ1v) is 9.32. The van der Waals surface area contributed by atoms with Gasteiger partial charge in [-0.3, -0.25) is 4.79 Å². The van der Waals surface area contributed by atoms with Crippen molar-refractivity contribution < 1.29 is 13.2 Å². The van der Waals surface area contributed by atoms with E-state index in [0.717, 1.165) is 0 Å². The number of carbonyl (C=O) groups is 1. The lowest BCUT2D eigenvalue weighted by molar-refractivity contribution is 0.102. The van der Waals surface area contributed by atoms with Crippen LogP contribution >= 0.6 is 11.6 Å². The molecule has 0 fully saturated rings. The molecular weight excluding hydrogens is 350 g/mol. The Labute approximate surface area is 146 Å². The minimum absolute atomic E-state index is 0.153. The number of nitrogens with two attached hydrogens (primary N) is 1. The molecule has 0 unspecified atom stereocenters. The van der Waals surface area contributed by atoms with Gasteiger partial charge in [0.25, 0.3) is 5.91 Å². The fourth-order valence-electron chi connectivity index (χ4n) is 1.94. The minimum Gasteiger partial charge on any atom is -0.382 e. The van der Waals surface area contributed by atoms with E-state index in [1.165, 1.54) is 18.5 Å². The quantitative estimate of drug-likeness (QED) is 0.864. The fraction of sp³-hybridized carbons (Fsp3) is 0.250. The maximum absolute atomic E-state index is 12.2. The van der Waals surface area contributed by atoms with Crippen molar-refractivity contribution in [3.63, 3.8) is 0 Å². The zero-order valence-electron chi connectivity index (χ0n) is 13.5. The van der Waals surface area contributed by atoms with E-state index in [1.54, 1.807) is 38.1 Å². The third-order valence-electron chi connectivity index (χ3n) is 3.90. The molecule has 0 radical (unpaired) electrons. The first-order chi connectivity index (χ1) is 11.0. The third kappa shape index (κ3) is 3.68. The molecule has 24 heavy (non-hydrogen) atoms. The molecular formula is C16H18ClN3O3S. The number of nitrogen functional groups attached to an aromatic ring is 1. The third-order valence-corrected chi connectivity index (χ3v) is 6.29. The lowest BCUT2D eigenvalue weighted by Gasteiger charge is -2.23. The lowest BCUT2D eigenvalue weighted by Crippen LogP contribution is -2.27. The van der Waals surface area contributed by atoms with E-state index in [4.69, 9.17) is 17.3 Å². The lowest BCUT2D eigenvalue weighted by atomic mass is 10.0. The summed E-state index contributed by atoms with van der Waals surface area (Å²) in [7, 11) is -3.27. The molecule has 128 valence electrons. The Morgan fingerprint density at radius 3 is 2.33 bits per heavy atom. The molecule has 0 bridgehead atoms. The van der Waals surface area contributed by atoms with E-state index in [-0.39, 0.29) is 22.3 Å². The fourth-order valence-corrected chi connectivity index (χ4v) is 2.68. The first kappa shape index (κ1) is 18.2. The summed E-state index contributed by atoms with van der Waals surface area (Å²) < 4.78 is 22.7. The highest BCUT2D eigenvalue weighted by Gasteiger charge is 2.32. The number of hydrogen-bond donors (Lipinski definition) is 2. The number of aromatic nitrogens is 1. The normalized spacial score (nSPS) is 12.0. The Hall–Kier alpha value is -2.12. The molecule has 2 rings (SSSR count). The van der Waals surface area contributed by atoms with Crippen LogP contribution in [0, 0.1) is 0 Å². The van der Waals surface area contributed by atoms with Crippen LogP contribution in [0.3, 0.4) is 0 Å². The molecule has 0 saturated carbocycles. The molecule has 0 saturated heterocycles. The highest BCUT2D eigenvalue weighted by molar-refractivity contribution is 7.91. The van der Waals surface area contributed by atoms with Crippen molar-refractivity contribution in [3.05, 3.63) is 52.7 Å². The van der Waals surface area contributed by atoms with Crippen molar-refractivity contribution in [1.82, 2.24) is 4.98 Å².